The number of hydrogen-bond acceptors (Lipinski definition) is 4. The molecule has 1 aromatic carbocycles. The summed E-state index contributed by atoms with van der Waals surface area (Å²) < 4.78 is 10.2. The molecule has 0 saturated heterocycles. The summed E-state index contributed by atoms with van der Waals surface area (Å²) in [6, 6.07) is 6.82. The number of aliphatic hydroxyl groups is 1. The number of esters is 1. The molecule has 0 radical (unpaired) electrons. The van der Waals surface area contributed by atoms with Crippen LogP contribution in [0.1, 0.15) is 39.2 Å². The molecule has 0 heterocycles. The second kappa shape index (κ2) is 7.84. The first-order valence-electron chi connectivity index (χ1n) is 7.28. The first kappa shape index (κ1) is 17.2. The number of hydrogen-bond donors (Lipinski definition) is 1. The van der Waals surface area contributed by atoms with E-state index in [-0.39, 0.29) is 6.61 Å². The van der Waals surface area contributed by atoms with Crippen LogP contribution in [-0.4, -0.2) is 24.8 Å². The molecule has 0 fully saturated rings. The molecule has 1 atom stereocenters. The largest absolute Gasteiger partial charge is 0.497 e. The average molecular weight is 292 g/mol. The molecule has 0 saturated carbocycles. The lowest BCUT2D eigenvalue weighted by molar-refractivity contribution is -0.162. The smallest absolute Gasteiger partial charge is 0.347 e. The predicted octanol–water partition coefficient (Wildman–Crippen LogP) is 3.19. The summed E-state index contributed by atoms with van der Waals surface area (Å²) in [4.78, 5) is 12.4. The van der Waals surface area contributed by atoms with Gasteiger partial charge < -0.3 is 14.6 Å². The van der Waals surface area contributed by atoms with E-state index in [1.165, 1.54) is 0 Å². The SMILES string of the molecule is CC/C=C(\CC)C(O)(C(=O)OCC)c1ccc(OC)cc1. The van der Waals surface area contributed by atoms with Gasteiger partial charge in [0, 0.05) is 0 Å². The van der Waals surface area contributed by atoms with E-state index in [9.17, 15) is 9.90 Å². The third-order valence-electron chi connectivity index (χ3n) is 3.37. The van der Waals surface area contributed by atoms with Crippen LogP contribution in [0.4, 0.5) is 0 Å². The van der Waals surface area contributed by atoms with Gasteiger partial charge in [-0.1, -0.05) is 32.1 Å². The fraction of sp³-hybridized carbons (Fsp3) is 0.471. The topological polar surface area (TPSA) is 55.8 Å². The van der Waals surface area contributed by atoms with E-state index in [2.05, 4.69) is 0 Å². The summed E-state index contributed by atoms with van der Waals surface area (Å²) in [6.45, 7) is 5.83. The Hall–Kier alpha value is -1.81. The average Bonchev–Trinajstić information content (AvgIpc) is 2.52. The quantitative estimate of drug-likeness (QED) is 0.619. The summed E-state index contributed by atoms with van der Waals surface area (Å²) >= 11 is 0. The van der Waals surface area contributed by atoms with E-state index in [0.717, 1.165) is 6.42 Å². The van der Waals surface area contributed by atoms with Gasteiger partial charge in [0.1, 0.15) is 5.75 Å². The third-order valence-corrected chi connectivity index (χ3v) is 3.37. The lowest BCUT2D eigenvalue weighted by Crippen LogP contribution is -2.39. The minimum absolute atomic E-state index is 0.223. The van der Waals surface area contributed by atoms with Crippen molar-refractivity contribution in [1.82, 2.24) is 0 Å². The monoisotopic (exact) mass is 292 g/mol. The molecule has 0 bridgehead atoms. The van der Waals surface area contributed by atoms with Crippen molar-refractivity contribution in [1.29, 1.82) is 0 Å². The van der Waals surface area contributed by atoms with Crippen LogP contribution in [0.3, 0.4) is 0 Å². The van der Waals surface area contributed by atoms with E-state index in [0.29, 0.717) is 23.3 Å². The van der Waals surface area contributed by atoms with Gasteiger partial charge in [-0.3, -0.25) is 0 Å². The standard InChI is InChI=1S/C17H24O4/c1-5-8-13(6-2)17(19,16(18)21-7-3)14-9-11-15(20-4)12-10-14/h8-12,19H,5-7H2,1-4H3/b13-8+. The van der Waals surface area contributed by atoms with Gasteiger partial charge in [-0.2, -0.15) is 0 Å². The lowest BCUT2D eigenvalue weighted by Gasteiger charge is -2.29. The highest BCUT2D eigenvalue weighted by Crippen LogP contribution is 2.34. The first-order chi connectivity index (χ1) is 10.0. The highest BCUT2D eigenvalue weighted by atomic mass is 16.5. The molecular formula is C17H24O4. The second-order valence-corrected chi connectivity index (χ2v) is 4.65. The lowest BCUT2D eigenvalue weighted by atomic mass is 9.84. The van der Waals surface area contributed by atoms with Gasteiger partial charge >= 0.3 is 5.97 Å². The number of methoxy groups -OCH3 is 1. The van der Waals surface area contributed by atoms with Gasteiger partial charge in [-0.25, -0.2) is 4.79 Å². The van der Waals surface area contributed by atoms with Crippen molar-refractivity contribution in [2.75, 3.05) is 13.7 Å². The Labute approximate surface area is 126 Å². The van der Waals surface area contributed by atoms with Crippen LogP contribution in [0.25, 0.3) is 0 Å². The van der Waals surface area contributed by atoms with E-state index >= 15 is 0 Å². The van der Waals surface area contributed by atoms with Crippen molar-refractivity contribution in [2.45, 2.75) is 39.2 Å². The molecule has 0 aliphatic heterocycles. The molecule has 1 aromatic rings. The molecule has 0 aromatic heterocycles. The molecule has 4 nitrogen and oxygen atoms in total. The summed E-state index contributed by atoms with van der Waals surface area (Å²) in [6.07, 6.45) is 3.18. The summed E-state index contributed by atoms with van der Waals surface area (Å²) in [5, 5.41) is 11.1. The minimum atomic E-state index is -1.74. The third kappa shape index (κ3) is 3.64. The van der Waals surface area contributed by atoms with Gasteiger partial charge in [-0.15, -0.1) is 0 Å². The highest BCUT2D eigenvalue weighted by Gasteiger charge is 2.42. The molecule has 4 heteroatoms. The second-order valence-electron chi connectivity index (χ2n) is 4.65. The molecule has 116 valence electrons. The van der Waals surface area contributed by atoms with Crippen LogP contribution in [0, 0.1) is 0 Å². The van der Waals surface area contributed by atoms with Crippen molar-refractivity contribution < 1.29 is 19.4 Å². The Morgan fingerprint density at radius 3 is 2.29 bits per heavy atom. The van der Waals surface area contributed by atoms with Crippen LogP contribution in [-0.2, 0) is 15.1 Å². The van der Waals surface area contributed by atoms with Crippen LogP contribution in [0.5, 0.6) is 5.75 Å². The molecule has 0 amide bonds. The van der Waals surface area contributed by atoms with Crippen molar-refractivity contribution in [3.05, 3.63) is 41.5 Å². The Morgan fingerprint density at radius 1 is 1.24 bits per heavy atom. The predicted molar refractivity (Wildman–Crippen MR) is 82.2 cm³/mol. The molecular weight excluding hydrogens is 268 g/mol. The summed E-state index contributed by atoms with van der Waals surface area (Å²) in [5.41, 5.74) is -0.607. The molecule has 1 rings (SSSR count). The molecule has 0 spiro atoms. The van der Waals surface area contributed by atoms with Gasteiger partial charge in [-0.05, 0) is 43.0 Å². The molecule has 0 aliphatic rings. The van der Waals surface area contributed by atoms with E-state index in [4.69, 9.17) is 9.47 Å². The Kier molecular flexibility index (Phi) is 6.43. The minimum Gasteiger partial charge on any atom is -0.497 e. The van der Waals surface area contributed by atoms with E-state index < -0.39 is 11.6 Å². The Morgan fingerprint density at radius 2 is 1.86 bits per heavy atom. The zero-order chi connectivity index (χ0) is 15.9. The van der Waals surface area contributed by atoms with Crippen LogP contribution in [0.15, 0.2) is 35.9 Å². The normalized spacial score (nSPS) is 14.4. The molecule has 0 aliphatic carbocycles. The van der Waals surface area contributed by atoms with Crippen molar-refractivity contribution >= 4 is 5.97 Å². The molecule has 21 heavy (non-hydrogen) atoms. The Bertz CT molecular complexity index is 490. The molecule has 1 N–H and O–H groups in total. The van der Waals surface area contributed by atoms with Crippen molar-refractivity contribution in [3.8, 4) is 5.75 Å². The van der Waals surface area contributed by atoms with Gasteiger partial charge in [0.15, 0.2) is 0 Å². The van der Waals surface area contributed by atoms with Gasteiger partial charge in [0.25, 0.3) is 0 Å². The summed E-state index contributed by atoms with van der Waals surface area (Å²) in [5.74, 6) is 0.0270. The van der Waals surface area contributed by atoms with Crippen LogP contribution in [0.2, 0.25) is 0 Å². The van der Waals surface area contributed by atoms with Crippen LogP contribution < -0.4 is 4.74 Å². The zero-order valence-corrected chi connectivity index (χ0v) is 13.2. The van der Waals surface area contributed by atoms with Gasteiger partial charge in [0.05, 0.1) is 13.7 Å². The maximum atomic E-state index is 12.4. The highest BCUT2D eigenvalue weighted by molar-refractivity contribution is 5.85. The van der Waals surface area contributed by atoms with Crippen molar-refractivity contribution in [2.24, 2.45) is 0 Å². The van der Waals surface area contributed by atoms with Crippen molar-refractivity contribution in [3.63, 3.8) is 0 Å². The fourth-order valence-electron chi connectivity index (χ4n) is 2.30. The number of carbonyl (C=O) groups excluding carboxylic acids is 1. The maximum Gasteiger partial charge on any atom is 0.347 e. The van der Waals surface area contributed by atoms with Gasteiger partial charge in [0.2, 0.25) is 5.60 Å². The summed E-state index contributed by atoms with van der Waals surface area (Å²) in [7, 11) is 1.57. The Balaban J connectivity index is 3.35. The number of allylic oxidation sites excluding steroid dienone is 1. The zero-order valence-electron chi connectivity index (χ0n) is 13.2. The molecule has 1 unspecified atom stereocenters. The number of carbonyl (C=O) groups is 1. The van der Waals surface area contributed by atoms with Crippen LogP contribution >= 0.6 is 0 Å². The number of ether oxygens (including phenoxy) is 2. The fourth-order valence-corrected chi connectivity index (χ4v) is 2.30. The maximum absolute atomic E-state index is 12.4. The number of benzene rings is 1. The van der Waals surface area contributed by atoms with E-state index in [1.54, 1.807) is 38.3 Å². The van der Waals surface area contributed by atoms with E-state index in [1.807, 2.05) is 19.9 Å². The first-order valence-corrected chi connectivity index (χ1v) is 7.28. The number of rotatable bonds is 7.